The first-order valence-corrected chi connectivity index (χ1v) is 5.53. The van der Waals surface area contributed by atoms with E-state index in [9.17, 15) is 4.79 Å². The van der Waals surface area contributed by atoms with Crippen LogP contribution in [0.25, 0.3) is 0 Å². The Morgan fingerprint density at radius 2 is 2.08 bits per heavy atom. The lowest BCUT2D eigenvalue weighted by atomic mass is 10.1. The van der Waals surface area contributed by atoms with E-state index in [0.717, 1.165) is 18.3 Å². The zero-order valence-corrected chi connectivity index (χ0v) is 8.38. The molecule has 0 aliphatic heterocycles. The second-order valence-corrected chi connectivity index (χ2v) is 4.83. The van der Waals surface area contributed by atoms with E-state index in [1.54, 1.807) is 0 Å². The molecule has 2 atom stereocenters. The topological polar surface area (TPSA) is 29.1 Å². The van der Waals surface area contributed by atoms with Crippen LogP contribution in [0, 0.1) is 11.8 Å². The Labute approximate surface area is 80.1 Å². The highest BCUT2D eigenvalue weighted by atomic mass is 16.1. The van der Waals surface area contributed by atoms with Crippen LogP contribution in [-0.4, -0.2) is 11.9 Å². The first-order valence-electron chi connectivity index (χ1n) is 5.53. The van der Waals surface area contributed by atoms with Crippen LogP contribution in [-0.2, 0) is 4.79 Å². The van der Waals surface area contributed by atoms with Crippen molar-refractivity contribution in [2.24, 2.45) is 11.8 Å². The third-order valence-corrected chi connectivity index (χ3v) is 3.23. The molecule has 2 saturated carbocycles. The van der Waals surface area contributed by atoms with Gasteiger partial charge in [-0.05, 0) is 43.9 Å². The predicted octanol–water partition coefficient (Wildman–Crippen LogP) is 2.09. The van der Waals surface area contributed by atoms with Gasteiger partial charge in [-0.3, -0.25) is 4.79 Å². The maximum Gasteiger partial charge on any atom is 0.220 e. The van der Waals surface area contributed by atoms with E-state index in [0.29, 0.717) is 11.9 Å². The maximum absolute atomic E-state index is 11.4. The van der Waals surface area contributed by atoms with Crippen LogP contribution in [0.3, 0.4) is 0 Å². The van der Waals surface area contributed by atoms with Crippen molar-refractivity contribution in [3.8, 4) is 0 Å². The molecule has 13 heavy (non-hydrogen) atoms. The lowest BCUT2D eigenvalue weighted by Crippen LogP contribution is -2.32. The Morgan fingerprint density at radius 3 is 2.62 bits per heavy atom. The van der Waals surface area contributed by atoms with E-state index in [-0.39, 0.29) is 0 Å². The Bertz CT molecular complexity index is 198. The summed E-state index contributed by atoms with van der Waals surface area (Å²) >= 11 is 0. The Hall–Kier alpha value is -0.530. The molecule has 1 amide bonds. The molecule has 0 heterocycles. The van der Waals surface area contributed by atoms with Crippen molar-refractivity contribution in [1.82, 2.24) is 5.32 Å². The summed E-state index contributed by atoms with van der Waals surface area (Å²) in [5.41, 5.74) is 0. The molecule has 0 bridgehead atoms. The number of nitrogens with one attached hydrogen (secondary N) is 1. The minimum absolute atomic E-state index is 0.293. The molecule has 0 aromatic rings. The van der Waals surface area contributed by atoms with Crippen LogP contribution in [0.2, 0.25) is 0 Å². The highest BCUT2D eigenvalue weighted by Crippen LogP contribution is 2.32. The maximum atomic E-state index is 11.4. The largest absolute Gasteiger partial charge is 0.353 e. The molecular formula is C11H19NO. The third-order valence-electron chi connectivity index (χ3n) is 3.23. The van der Waals surface area contributed by atoms with Gasteiger partial charge in [-0.1, -0.05) is 6.92 Å². The summed E-state index contributed by atoms with van der Waals surface area (Å²) in [5, 5.41) is 3.14. The molecule has 2 nitrogen and oxygen atoms in total. The highest BCUT2D eigenvalue weighted by Gasteiger charge is 2.27. The van der Waals surface area contributed by atoms with Crippen molar-refractivity contribution >= 4 is 5.91 Å². The Morgan fingerprint density at radius 1 is 1.31 bits per heavy atom. The van der Waals surface area contributed by atoms with Gasteiger partial charge in [0.15, 0.2) is 0 Å². The van der Waals surface area contributed by atoms with Crippen molar-refractivity contribution in [3.05, 3.63) is 0 Å². The van der Waals surface area contributed by atoms with Crippen molar-refractivity contribution < 1.29 is 4.79 Å². The fourth-order valence-electron chi connectivity index (χ4n) is 2.21. The predicted molar refractivity (Wildman–Crippen MR) is 52.3 cm³/mol. The van der Waals surface area contributed by atoms with Gasteiger partial charge >= 0.3 is 0 Å². The number of hydrogen-bond donors (Lipinski definition) is 1. The molecule has 2 rings (SSSR count). The van der Waals surface area contributed by atoms with Crippen LogP contribution in [0.15, 0.2) is 0 Å². The monoisotopic (exact) mass is 181 g/mol. The summed E-state index contributed by atoms with van der Waals surface area (Å²) in [6.07, 6.45) is 7.00. The fourth-order valence-corrected chi connectivity index (χ4v) is 2.21. The van der Waals surface area contributed by atoms with Crippen LogP contribution in [0.1, 0.15) is 45.4 Å². The average molecular weight is 181 g/mol. The lowest BCUT2D eigenvalue weighted by molar-refractivity contribution is -0.122. The van der Waals surface area contributed by atoms with Crippen molar-refractivity contribution in [2.45, 2.75) is 51.5 Å². The van der Waals surface area contributed by atoms with E-state index < -0.39 is 0 Å². The number of rotatable bonds is 3. The molecule has 74 valence electrons. The van der Waals surface area contributed by atoms with Crippen LogP contribution in [0.4, 0.5) is 0 Å². The lowest BCUT2D eigenvalue weighted by Gasteiger charge is -2.11. The first-order chi connectivity index (χ1) is 6.24. The SMILES string of the molecule is CC1CCC(NC(=O)CC2CC2)C1. The van der Waals surface area contributed by atoms with E-state index in [1.165, 1.54) is 32.1 Å². The number of carbonyl (C=O) groups is 1. The molecular weight excluding hydrogens is 162 g/mol. The van der Waals surface area contributed by atoms with Gasteiger partial charge < -0.3 is 5.32 Å². The minimum Gasteiger partial charge on any atom is -0.353 e. The second-order valence-electron chi connectivity index (χ2n) is 4.83. The summed E-state index contributed by atoms with van der Waals surface area (Å²) < 4.78 is 0. The fraction of sp³-hybridized carbons (Fsp3) is 0.909. The van der Waals surface area contributed by atoms with Crippen molar-refractivity contribution in [3.63, 3.8) is 0 Å². The van der Waals surface area contributed by atoms with Gasteiger partial charge in [-0.25, -0.2) is 0 Å². The zero-order valence-electron chi connectivity index (χ0n) is 8.38. The molecule has 2 aliphatic rings. The normalized spacial score (nSPS) is 33.3. The molecule has 0 saturated heterocycles. The zero-order chi connectivity index (χ0) is 9.26. The van der Waals surface area contributed by atoms with Gasteiger partial charge in [-0.15, -0.1) is 0 Å². The van der Waals surface area contributed by atoms with Crippen LogP contribution < -0.4 is 5.32 Å². The summed E-state index contributed by atoms with van der Waals surface area (Å²) in [5.74, 6) is 1.83. The molecule has 0 spiro atoms. The number of carbonyl (C=O) groups excluding carboxylic acids is 1. The standard InChI is InChI=1S/C11H19NO/c1-8-2-5-10(6-8)12-11(13)7-9-3-4-9/h8-10H,2-7H2,1H3,(H,12,13). The molecule has 2 heteroatoms. The van der Waals surface area contributed by atoms with Gasteiger partial charge in [0.1, 0.15) is 0 Å². The quantitative estimate of drug-likeness (QED) is 0.709. The summed E-state index contributed by atoms with van der Waals surface area (Å²) in [6, 6.07) is 0.487. The van der Waals surface area contributed by atoms with Gasteiger partial charge in [0.25, 0.3) is 0 Å². The molecule has 2 unspecified atom stereocenters. The Kier molecular flexibility index (Phi) is 2.56. The van der Waals surface area contributed by atoms with E-state index in [2.05, 4.69) is 12.2 Å². The van der Waals surface area contributed by atoms with E-state index in [4.69, 9.17) is 0 Å². The molecule has 2 fully saturated rings. The molecule has 0 radical (unpaired) electrons. The second kappa shape index (κ2) is 3.69. The van der Waals surface area contributed by atoms with Crippen LogP contribution >= 0.6 is 0 Å². The Balaban J connectivity index is 1.67. The van der Waals surface area contributed by atoms with Crippen molar-refractivity contribution in [2.75, 3.05) is 0 Å². The first kappa shape index (κ1) is 9.04. The smallest absolute Gasteiger partial charge is 0.220 e. The number of amides is 1. The molecule has 0 aromatic carbocycles. The van der Waals surface area contributed by atoms with Crippen LogP contribution in [0.5, 0.6) is 0 Å². The average Bonchev–Trinajstić information content (AvgIpc) is 2.76. The summed E-state index contributed by atoms with van der Waals surface area (Å²) in [4.78, 5) is 11.4. The number of hydrogen-bond acceptors (Lipinski definition) is 1. The van der Waals surface area contributed by atoms with Gasteiger partial charge in [-0.2, -0.15) is 0 Å². The van der Waals surface area contributed by atoms with E-state index in [1.807, 2.05) is 0 Å². The molecule has 0 aromatic heterocycles. The highest BCUT2D eigenvalue weighted by molar-refractivity contribution is 5.76. The summed E-state index contributed by atoms with van der Waals surface area (Å²) in [7, 11) is 0. The van der Waals surface area contributed by atoms with Gasteiger partial charge in [0, 0.05) is 12.5 Å². The summed E-state index contributed by atoms with van der Waals surface area (Å²) in [6.45, 7) is 2.27. The van der Waals surface area contributed by atoms with E-state index >= 15 is 0 Å². The van der Waals surface area contributed by atoms with Crippen molar-refractivity contribution in [1.29, 1.82) is 0 Å². The van der Waals surface area contributed by atoms with Gasteiger partial charge in [0.2, 0.25) is 5.91 Å². The van der Waals surface area contributed by atoms with Gasteiger partial charge in [0.05, 0.1) is 0 Å². The third kappa shape index (κ3) is 2.71. The molecule has 2 aliphatic carbocycles. The minimum atomic E-state index is 0.293. The molecule has 1 N–H and O–H groups in total.